The lowest BCUT2D eigenvalue weighted by Gasteiger charge is -2.55. The summed E-state index contributed by atoms with van der Waals surface area (Å²) in [6.07, 6.45) is 15.4. The lowest BCUT2D eigenvalue weighted by molar-refractivity contribution is -0.127. The third-order valence-corrected chi connectivity index (χ3v) is 17.2. The van der Waals surface area contributed by atoms with Gasteiger partial charge in [-0.2, -0.15) is 0 Å². The Morgan fingerprint density at radius 1 is 0.495 bits per heavy atom. The van der Waals surface area contributed by atoms with Crippen molar-refractivity contribution in [2.24, 2.45) is 5.41 Å². The molecule has 9 heterocycles. The van der Waals surface area contributed by atoms with Crippen molar-refractivity contribution in [3.05, 3.63) is 226 Å². The number of phenols is 1. The van der Waals surface area contributed by atoms with Crippen LogP contribution in [0.5, 0.6) is 28.7 Å². The summed E-state index contributed by atoms with van der Waals surface area (Å²) in [6, 6.07) is 37.9. The Labute approximate surface area is 556 Å². The number of phenolic OH excluding ortho intramolecular Hbond substituents is 1. The lowest BCUT2D eigenvalue weighted by Crippen LogP contribution is -2.66. The molecule has 1 N–H and O–H groups in total. The largest absolute Gasteiger partial charge is 0.507 e. The number of rotatable bonds is 20. The van der Waals surface area contributed by atoms with E-state index < -0.39 is 0 Å². The first-order valence-corrected chi connectivity index (χ1v) is 32.2. The number of aromatic nitrogens is 4. The van der Waals surface area contributed by atoms with E-state index in [9.17, 15) is 19.5 Å². The molecule has 5 aliphatic rings. The molecule has 0 aliphatic carbocycles. The highest BCUT2D eigenvalue weighted by Crippen LogP contribution is 2.41. The smallest absolute Gasteiger partial charge is 0.154 e. The van der Waals surface area contributed by atoms with E-state index in [1.165, 1.54) is 5.57 Å². The Morgan fingerprint density at radius 3 is 1.41 bits per heavy atom. The van der Waals surface area contributed by atoms with Crippen molar-refractivity contribution in [1.82, 2.24) is 24.8 Å². The Hall–Kier alpha value is -9.79. The van der Waals surface area contributed by atoms with Crippen molar-refractivity contribution < 1.29 is 52.6 Å². The van der Waals surface area contributed by atoms with Gasteiger partial charge in [-0.3, -0.25) is 19.4 Å². The van der Waals surface area contributed by atoms with Gasteiger partial charge in [-0.05, 0) is 124 Å². The number of hydrogen-bond acceptors (Lipinski definition) is 19. The summed E-state index contributed by atoms with van der Waals surface area (Å²) in [5.41, 5.74) is 11.8. The van der Waals surface area contributed by atoms with E-state index >= 15 is 0 Å². The summed E-state index contributed by atoms with van der Waals surface area (Å²) >= 11 is 0. The maximum Gasteiger partial charge on any atom is 0.154 e. The summed E-state index contributed by atoms with van der Waals surface area (Å²) in [7, 11) is 2.16. The van der Waals surface area contributed by atoms with Gasteiger partial charge in [0.15, 0.2) is 18.9 Å². The average Bonchev–Trinajstić information content (AvgIpc) is 0.850. The second kappa shape index (κ2) is 33.9. The number of morpholine rings is 1. The minimum atomic E-state index is 0.170. The van der Waals surface area contributed by atoms with Crippen molar-refractivity contribution in [3.8, 4) is 28.7 Å². The number of carbonyl (C=O) groups is 3. The van der Waals surface area contributed by atoms with E-state index in [2.05, 4.69) is 59.2 Å². The monoisotopic (exact) mass is 1280 g/mol. The number of hydrogen-bond donors (Lipinski definition) is 1. The van der Waals surface area contributed by atoms with E-state index in [1.54, 1.807) is 30.6 Å². The first-order chi connectivity index (χ1) is 46.5. The van der Waals surface area contributed by atoms with E-state index in [0.29, 0.717) is 96.9 Å². The number of benzene rings is 4. The molecule has 0 bridgehead atoms. The normalized spacial score (nSPS) is 15.6. The summed E-state index contributed by atoms with van der Waals surface area (Å²) in [6.45, 7) is 23.2. The molecule has 5 aliphatic heterocycles. The fraction of sp³-hybridized carbons (Fsp3) is 0.329. The van der Waals surface area contributed by atoms with Crippen LogP contribution in [-0.4, -0.2) is 148 Å². The van der Waals surface area contributed by atoms with Crippen LogP contribution < -0.4 is 33.6 Å². The van der Waals surface area contributed by atoms with Gasteiger partial charge in [0, 0.05) is 92.9 Å². The molecule has 0 atom stereocenters. The van der Waals surface area contributed by atoms with Crippen LogP contribution in [0.1, 0.15) is 94.1 Å². The number of nitrogens with zero attached hydrogens (tertiary/aromatic N) is 8. The first kappa shape index (κ1) is 68.1. The number of likely N-dealkylation sites (N-methyl/N-ethyl adjacent to an activating group) is 1. The third-order valence-electron chi connectivity index (χ3n) is 17.2. The van der Waals surface area contributed by atoms with Gasteiger partial charge < -0.3 is 57.9 Å². The van der Waals surface area contributed by atoms with Crippen LogP contribution in [-0.2, 0) is 40.6 Å². The van der Waals surface area contributed by atoms with Crippen LogP contribution in [0.4, 0.5) is 17.5 Å². The summed E-state index contributed by atoms with van der Waals surface area (Å²) in [4.78, 5) is 61.1. The molecule has 0 unspecified atom stereocenters. The number of aldehydes is 3. The molecule has 4 aromatic heterocycles. The summed E-state index contributed by atoms with van der Waals surface area (Å²) in [5.74, 6) is 5.51. The predicted molar refractivity (Wildman–Crippen MR) is 368 cm³/mol. The topological polar surface area (TPSA) is 201 Å². The van der Waals surface area contributed by atoms with Crippen molar-refractivity contribution in [3.63, 3.8) is 0 Å². The molecule has 13 rings (SSSR count). The SMILES string of the molecule is C=Cc1c(O)cccc1OCc1cccnc1N1CC2(COC2)C1.Cc1cccc(OCc2cccnc2C2=CCOCC2)c1C=O.Cc1cccc(OCc2cccnc2N2CCCN(C)CC2)c1C=O.Cc1cccc(OCc2cccnc2N2CCOCC2)c1C=O. The van der Waals surface area contributed by atoms with E-state index in [4.69, 9.17) is 33.2 Å². The molecule has 0 amide bonds. The maximum atomic E-state index is 11.3. The van der Waals surface area contributed by atoms with Gasteiger partial charge in [-0.15, -0.1) is 0 Å². The van der Waals surface area contributed by atoms with Gasteiger partial charge in [-0.1, -0.05) is 85.5 Å². The van der Waals surface area contributed by atoms with Gasteiger partial charge in [0.25, 0.3) is 0 Å². The molecule has 4 fully saturated rings. The highest BCUT2D eigenvalue weighted by molar-refractivity contribution is 5.83. The molecular weight excluding hydrogens is 1200 g/mol. The van der Waals surface area contributed by atoms with Crippen LogP contribution in [0, 0.1) is 26.2 Å². The summed E-state index contributed by atoms with van der Waals surface area (Å²) in [5, 5.41) is 9.89. The number of ether oxygens (including phenoxy) is 7. The molecule has 4 aromatic carbocycles. The third kappa shape index (κ3) is 17.7. The zero-order chi connectivity index (χ0) is 66.4. The van der Waals surface area contributed by atoms with E-state index in [0.717, 1.165) is 166 Å². The quantitative estimate of drug-likeness (QED) is 0.0706. The molecule has 4 saturated heterocycles. The van der Waals surface area contributed by atoms with Crippen molar-refractivity contribution >= 4 is 48.0 Å². The van der Waals surface area contributed by atoms with Crippen molar-refractivity contribution in [2.45, 2.75) is 60.0 Å². The fourth-order valence-electron chi connectivity index (χ4n) is 11.9. The molecular formula is C76H84N8O11. The molecule has 0 radical (unpaired) electrons. The molecule has 95 heavy (non-hydrogen) atoms. The highest BCUT2D eigenvalue weighted by atomic mass is 16.5. The molecule has 1 spiro atoms. The first-order valence-electron chi connectivity index (χ1n) is 32.2. The van der Waals surface area contributed by atoms with Gasteiger partial charge in [0.1, 0.15) is 72.6 Å². The maximum absolute atomic E-state index is 11.3. The standard InChI is InChI=1S/C20H25N3O2.C19H20N2O3.C19H19NO3.C18H20N2O3/c1-16-6-3-8-19(18(16)14-24)25-15-17-7-4-9-21-20(17)23-11-5-10-22(2)12-13-23;1-2-15-16(22)6-3-7-17(15)24-9-14-5-4-8-20-18(14)21-10-19(11-21)12-23-13-19;1-14-4-2-6-18(17(14)12-21)23-13-16-5-3-9-20-19(16)15-7-10-22-11-8-15;1-14-4-2-6-17(16(14)12-21)23-13-15-5-3-7-19-18(15)20-8-10-22-11-9-20/h3-4,6-9,14H,5,10-13,15H2,1-2H3;2-8,22H,1,9-13H2;2-7,9,12H,8,10-11,13H2,1H3;2-7,12H,8-11,13H2,1H3. The van der Waals surface area contributed by atoms with Crippen molar-refractivity contribution in [2.75, 3.05) is 114 Å². The summed E-state index contributed by atoms with van der Waals surface area (Å²) < 4.78 is 39.8. The number of pyridine rings is 4. The average molecular weight is 1290 g/mol. The van der Waals surface area contributed by atoms with Gasteiger partial charge >= 0.3 is 0 Å². The number of aromatic hydroxyl groups is 1. The number of anilines is 3. The van der Waals surface area contributed by atoms with Crippen LogP contribution in [0.25, 0.3) is 11.6 Å². The molecule has 8 aromatic rings. The van der Waals surface area contributed by atoms with Crippen LogP contribution >= 0.6 is 0 Å². The van der Waals surface area contributed by atoms with Gasteiger partial charge in [-0.25, -0.2) is 15.0 Å². The molecule has 19 heteroatoms. The number of carbonyl (C=O) groups excluding carboxylic acids is 3. The Balaban J connectivity index is 0.000000138. The lowest BCUT2D eigenvalue weighted by atomic mass is 9.78. The van der Waals surface area contributed by atoms with Crippen LogP contribution in [0.15, 0.2) is 159 Å². The second-order valence-corrected chi connectivity index (χ2v) is 24.0. The predicted octanol–water partition coefficient (Wildman–Crippen LogP) is 12.0. The Kier molecular flexibility index (Phi) is 24.3. The van der Waals surface area contributed by atoms with Crippen molar-refractivity contribution in [1.29, 1.82) is 0 Å². The zero-order valence-corrected chi connectivity index (χ0v) is 54.7. The van der Waals surface area contributed by atoms with Gasteiger partial charge in [0.05, 0.1) is 73.0 Å². The minimum absolute atomic E-state index is 0.170. The Morgan fingerprint density at radius 2 is 0.947 bits per heavy atom. The zero-order valence-electron chi connectivity index (χ0n) is 54.7. The molecule has 19 nitrogen and oxygen atoms in total. The van der Waals surface area contributed by atoms with Crippen LogP contribution in [0.3, 0.4) is 0 Å². The van der Waals surface area contributed by atoms with Crippen LogP contribution in [0.2, 0.25) is 0 Å². The van der Waals surface area contributed by atoms with E-state index in [1.807, 2.05) is 142 Å². The van der Waals surface area contributed by atoms with E-state index in [-0.39, 0.29) is 5.75 Å². The van der Waals surface area contributed by atoms with Gasteiger partial charge in [0.2, 0.25) is 0 Å². The Bertz CT molecular complexity index is 3920. The second-order valence-electron chi connectivity index (χ2n) is 24.0. The molecule has 0 saturated carbocycles. The minimum Gasteiger partial charge on any atom is -0.507 e. The fourth-order valence-corrected chi connectivity index (χ4v) is 11.9. The highest BCUT2D eigenvalue weighted by Gasteiger charge is 2.49. The molecule has 494 valence electrons. The number of aryl methyl sites for hydroxylation is 3.